The fraction of sp³-hybridized carbons (Fsp3) is 0.478. The van der Waals surface area contributed by atoms with Gasteiger partial charge in [0.15, 0.2) is 5.96 Å². The number of fused-ring (bicyclic) bond motifs is 3. The van der Waals surface area contributed by atoms with Gasteiger partial charge >= 0.3 is 18.2 Å². The topological polar surface area (TPSA) is 209 Å². The molecule has 0 bridgehead atoms. The summed E-state index contributed by atoms with van der Waals surface area (Å²) in [6.07, 6.45) is 0.394. The lowest BCUT2D eigenvalue weighted by atomic mass is 9.98. The first-order valence-electron chi connectivity index (χ1n) is 21.1. The maximum atomic E-state index is 14.2. The number of guanidine groups is 1. The second kappa shape index (κ2) is 24.0. The van der Waals surface area contributed by atoms with Crippen LogP contribution in [0.3, 0.4) is 0 Å². The highest BCUT2D eigenvalue weighted by atomic mass is 35.5. The summed E-state index contributed by atoms with van der Waals surface area (Å²) >= 11 is 6.00. The Bertz CT molecular complexity index is 1940. The third-order valence-electron chi connectivity index (χ3n) is 10.00. The molecule has 62 heavy (non-hydrogen) atoms. The maximum absolute atomic E-state index is 14.2. The molecule has 0 spiro atoms. The van der Waals surface area contributed by atoms with Crippen LogP contribution in [0.4, 0.5) is 9.59 Å². The molecule has 3 aromatic carbocycles. The molecular formula is C46H62ClN7O8. The lowest BCUT2D eigenvalue weighted by molar-refractivity contribution is -0.150. The summed E-state index contributed by atoms with van der Waals surface area (Å²) in [5, 5.41) is 25.0. The number of carbonyl (C=O) groups is 5. The van der Waals surface area contributed by atoms with Crippen LogP contribution in [-0.2, 0) is 35.2 Å². The highest BCUT2D eigenvalue weighted by molar-refractivity contribution is 6.30. The Labute approximate surface area is 369 Å². The normalized spacial score (nSPS) is 13.4. The van der Waals surface area contributed by atoms with E-state index in [4.69, 9.17) is 31.2 Å². The van der Waals surface area contributed by atoms with Crippen LogP contribution in [0.5, 0.6) is 0 Å². The number of halogens is 1. The van der Waals surface area contributed by atoms with E-state index in [9.17, 15) is 24.0 Å². The Kier molecular flexibility index (Phi) is 18.9. The van der Waals surface area contributed by atoms with Gasteiger partial charge in [0.05, 0.1) is 0 Å². The Morgan fingerprint density at radius 2 is 1.27 bits per heavy atom. The SMILES string of the molecule is CNC(=N)NCCC[C@@H](NC(=O)[C@@H](CCCCNC(=O)OC(C)(C)C)NC(=O)OCC1c2ccccc2-c2ccccc21)C(=O)N[C@@H](CC(C)C)C(=O)OCc1ccc(Cl)cc1. The van der Waals surface area contributed by atoms with Gasteiger partial charge in [-0.05, 0) is 105 Å². The maximum Gasteiger partial charge on any atom is 0.407 e. The summed E-state index contributed by atoms with van der Waals surface area (Å²) in [4.78, 5) is 67.3. The van der Waals surface area contributed by atoms with Crippen LogP contribution in [-0.4, -0.2) is 86.4 Å². The van der Waals surface area contributed by atoms with Crippen molar-refractivity contribution in [1.82, 2.24) is 31.9 Å². The number of carbonyl (C=O) groups excluding carboxylic acids is 5. The predicted octanol–water partition coefficient (Wildman–Crippen LogP) is 6.53. The van der Waals surface area contributed by atoms with Crippen molar-refractivity contribution in [2.75, 3.05) is 26.7 Å². The van der Waals surface area contributed by atoms with Crippen molar-refractivity contribution in [2.24, 2.45) is 5.92 Å². The molecule has 1 aliphatic carbocycles. The summed E-state index contributed by atoms with van der Waals surface area (Å²) in [7, 11) is 1.60. The number of esters is 1. The van der Waals surface area contributed by atoms with Crippen molar-refractivity contribution in [3.8, 4) is 11.1 Å². The fourth-order valence-corrected chi connectivity index (χ4v) is 7.10. The van der Waals surface area contributed by atoms with Gasteiger partial charge in [0, 0.05) is 31.1 Å². The van der Waals surface area contributed by atoms with Crippen molar-refractivity contribution in [2.45, 2.75) is 109 Å². The number of hydrogen-bond donors (Lipinski definition) is 7. The molecule has 15 nitrogen and oxygen atoms in total. The molecule has 0 aliphatic heterocycles. The van der Waals surface area contributed by atoms with E-state index in [-0.39, 0.29) is 56.8 Å². The smallest absolute Gasteiger partial charge is 0.407 e. The first kappa shape index (κ1) is 48.8. The molecule has 0 aromatic heterocycles. The summed E-state index contributed by atoms with van der Waals surface area (Å²) < 4.78 is 16.7. The van der Waals surface area contributed by atoms with Gasteiger partial charge in [0.2, 0.25) is 11.8 Å². The standard InChI is InChI=1S/C46H62ClN7O8/c1-29(2)26-39(42(57)60-27-30-20-22-31(47)23-21-30)53-40(55)37(19-13-25-50-43(48)49-6)52-41(56)38(18-11-12-24-51-44(58)62-46(3,4)5)54-45(59)61-28-36-34-16-9-7-14-32(34)33-15-8-10-17-35(33)36/h7-10,14-17,20-23,29,36-39H,11-13,18-19,24-28H2,1-6H3,(H,51,58)(H,52,56)(H,53,55)(H,54,59)(H3,48,49,50)/t37-,38-,39+/m1/s1. The highest BCUT2D eigenvalue weighted by Crippen LogP contribution is 2.44. The predicted molar refractivity (Wildman–Crippen MR) is 239 cm³/mol. The molecule has 4 rings (SSSR count). The first-order chi connectivity index (χ1) is 29.5. The van der Waals surface area contributed by atoms with E-state index in [0.29, 0.717) is 30.8 Å². The molecular weight excluding hydrogens is 814 g/mol. The number of alkyl carbamates (subject to hydrolysis) is 2. The molecule has 0 heterocycles. The van der Waals surface area contributed by atoms with E-state index in [1.54, 1.807) is 52.1 Å². The Balaban J connectivity index is 1.48. The number of hydrogen-bond acceptors (Lipinski definition) is 9. The van der Waals surface area contributed by atoms with E-state index in [0.717, 1.165) is 27.8 Å². The number of rotatable bonds is 21. The lowest BCUT2D eigenvalue weighted by Gasteiger charge is -2.26. The van der Waals surface area contributed by atoms with Gasteiger partial charge in [-0.1, -0.05) is 86.1 Å². The van der Waals surface area contributed by atoms with Crippen LogP contribution >= 0.6 is 11.6 Å². The Hall–Kier alpha value is -5.83. The van der Waals surface area contributed by atoms with E-state index >= 15 is 0 Å². The summed E-state index contributed by atoms with van der Waals surface area (Å²) in [5.74, 6) is -2.00. The highest BCUT2D eigenvalue weighted by Gasteiger charge is 2.32. The van der Waals surface area contributed by atoms with Crippen molar-refractivity contribution >= 4 is 47.5 Å². The van der Waals surface area contributed by atoms with Crippen LogP contribution in [0.2, 0.25) is 5.02 Å². The summed E-state index contributed by atoms with van der Waals surface area (Å²) in [5.41, 5.74) is 4.26. The molecule has 0 unspecified atom stereocenters. The molecule has 16 heteroatoms. The zero-order valence-corrected chi connectivity index (χ0v) is 37.3. The lowest BCUT2D eigenvalue weighted by Crippen LogP contribution is -2.56. The number of ether oxygens (including phenoxy) is 3. The number of benzene rings is 3. The van der Waals surface area contributed by atoms with E-state index in [1.165, 1.54) is 0 Å². The number of nitrogens with one attached hydrogen (secondary N) is 7. The second-order valence-corrected chi connectivity index (χ2v) is 17.1. The minimum Gasteiger partial charge on any atom is -0.459 e. The van der Waals surface area contributed by atoms with Gasteiger partial charge < -0.3 is 46.1 Å². The van der Waals surface area contributed by atoms with Crippen molar-refractivity contribution in [1.29, 1.82) is 5.41 Å². The van der Waals surface area contributed by atoms with Crippen LogP contribution in [0.15, 0.2) is 72.8 Å². The molecule has 0 saturated carbocycles. The van der Waals surface area contributed by atoms with Gasteiger partial charge in [0.1, 0.15) is 36.9 Å². The van der Waals surface area contributed by atoms with Crippen LogP contribution < -0.4 is 31.9 Å². The fourth-order valence-electron chi connectivity index (χ4n) is 6.97. The first-order valence-corrected chi connectivity index (χ1v) is 21.5. The third kappa shape index (κ3) is 15.9. The Morgan fingerprint density at radius 1 is 0.710 bits per heavy atom. The quantitative estimate of drug-likeness (QED) is 0.0203. The molecule has 3 aromatic rings. The Morgan fingerprint density at radius 3 is 1.87 bits per heavy atom. The van der Waals surface area contributed by atoms with Gasteiger partial charge in [-0.3, -0.25) is 15.0 Å². The third-order valence-corrected chi connectivity index (χ3v) is 10.2. The van der Waals surface area contributed by atoms with Crippen molar-refractivity contribution in [3.05, 3.63) is 94.5 Å². The van der Waals surface area contributed by atoms with E-state index < -0.39 is 53.7 Å². The monoisotopic (exact) mass is 875 g/mol. The molecule has 0 fully saturated rings. The largest absolute Gasteiger partial charge is 0.459 e. The molecule has 3 atom stereocenters. The molecule has 0 radical (unpaired) electrons. The molecule has 7 N–H and O–H groups in total. The summed E-state index contributed by atoms with van der Waals surface area (Å²) in [6.45, 7) is 9.69. The van der Waals surface area contributed by atoms with Crippen LogP contribution in [0.25, 0.3) is 11.1 Å². The van der Waals surface area contributed by atoms with Crippen LogP contribution in [0, 0.1) is 11.3 Å². The van der Waals surface area contributed by atoms with Crippen molar-refractivity contribution in [3.63, 3.8) is 0 Å². The average Bonchev–Trinajstić information content (AvgIpc) is 3.55. The van der Waals surface area contributed by atoms with Gasteiger partial charge in [0.25, 0.3) is 0 Å². The number of amides is 4. The number of unbranched alkanes of at least 4 members (excludes halogenated alkanes) is 1. The minimum atomic E-state index is -1.13. The molecule has 336 valence electrons. The molecule has 4 amide bonds. The van der Waals surface area contributed by atoms with Crippen molar-refractivity contribution < 1.29 is 38.2 Å². The average molecular weight is 876 g/mol. The van der Waals surface area contributed by atoms with Gasteiger partial charge in [-0.2, -0.15) is 0 Å². The molecule has 0 saturated heterocycles. The molecule has 1 aliphatic rings. The van der Waals surface area contributed by atoms with Gasteiger partial charge in [-0.15, -0.1) is 0 Å². The second-order valence-electron chi connectivity index (χ2n) is 16.6. The van der Waals surface area contributed by atoms with Crippen LogP contribution in [0.1, 0.15) is 95.8 Å². The minimum absolute atomic E-state index is 0.00349. The zero-order chi connectivity index (χ0) is 45.2. The van der Waals surface area contributed by atoms with E-state index in [2.05, 4.69) is 31.9 Å². The zero-order valence-electron chi connectivity index (χ0n) is 36.5. The van der Waals surface area contributed by atoms with E-state index in [1.807, 2.05) is 62.4 Å². The summed E-state index contributed by atoms with van der Waals surface area (Å²) in [6, 6.07) is 19.5. The van der Waals surface area contributed by atoms with Gasteiger partial charge in [-0.25, -0.2) is 14.4 Å².